The van der Waals surface area contributed by atoms with Crippen LogP contribution in [-0.4, -0.2) is 57.4 Å². The molecule has 3 aromatic rings. The first kappa shape index (κ1) is 20.9. The Morgan fingerprint density at radius 2 is 1.97 bits per heavy atom. The molecule has 1 aliphatic heterocycles. The Bertz CT molecular complexity index is 1070. The van der Waals surface area contributed by atoms with Gasteiger partial charge in [-0.1, -0.05) is 6.07 Å². The summed E-state index contributed by atoms with van der Waals surface area (Å²) in [5.41, 5.74) is 9.36. The molecule has 0 spiro atoms. The molecule has 0 radical (unpaired) electrons. The second-order valence-electron chi connectivity index (χ2n) is 8.23. The molecule has 1 fully saturated rings. The summed E-state index contributed by atoms with van der Waals surface area (Å²) in [7, 11) is 2.12. The van der Waals surface area contributed by atoms with E-state index in [1.54, 1.807) is 24.4 Å². The molecule has 4 rings (SSSR count). The first-order valence-corrected chi connectivity index (χ1v) is 10.5. The zero-order valence-corrected chi connectivity index (χ0v) is 17.9. The van der Waals surface area contributed by atoms with Crippen LogP contribution < -0.4 is 11.1 Å². The lowest BCUT2D eigenvalue weighted by Crippen LogP contribution is -2.36. The molecule has 1 amide bonds. The van der Waals surface area contributed by atoms with Gasteiger partial charge in [0.2, 0.25) is 5.88 Å². The number of aromatic hydroxyl groups is 1. The van der Waals surface area contributed by atoms with Gasteiger partial charge in [-0.15, -0.1) is 0 Å². The molecule has 2 aromatic heterocycles. The number of aromatic nitrogens is 3. The lowest BCUT2D eigenvalue weighted by atomic mass is 9.97. The minimum atomic E-state index is -0.138. The second kappa shape index (κ2) is 8.77. The number of piperidine rings is 1. The van der Waals surface area contributed by atoms with Gasteiger partial charge in [-0.25, -0.2) is 4.98 Å². The summed E-state index contributed by atoms with van der Waals surface area (Å²) in [5.74, 6) is 0.799. The van der Waals surface area contributed by atoms with Crippen LogP contribution >= 0.6 is 0 Å². The third-order valence-electron chi connectivity index (χ3n) is 5.90. The molecule has 8 heteroatoms. The summed E-state index contributed by atoms with van der Waals surface area (Å²) < 4.78 is 1.35. The molecule has 31 heavy (non-hydrogen) atoms. The molecule has 1 aromatic carbocycles. The van der Waals surface area contributed by atoms with Gasteiger partial charge in [0.15, 0.2) is 5.82 Å². The van der Waals surface area contributed by atoms with Crippen LogP contribution in [-0.2, 0) is 0 Å². The highest BCUT2D eigenvalue weighted by molar-refractivity contribution is 5.93. The second-order valence-corrected chi connectivity index (χ2v) is 8.23. The fourth-order valence-electron chi connectivity index (χ4n) is 3.94. The van der Waals surface area contributed by atoms with Crippen LogP contribution in [0, 0.1) is 12.8 Å². The van der Waals surface area contributed by atoms with Crippen LogP contribution in [0.5, 0.6) is 5.88 Å². The molecule has 3 heterocycles. The average Bonchev–Trinajstić information content (AvgIpc) is 3.14. The third-order valence-corrected chi connectivity index (χ3v) is 5.90. The molecule has 162 valence electrons. The van der Waals surface area contributed by atoms with Crippen molar-refractivity contribution < 1.29 is 9.90 Å². The van der Waals surface area contributed by atoms with Gasteiger partial charge in [0, 0.05) is 18.4 Å². The Morgan fingerprint density at radius 3 is 2.65 bits per heavy atom. The summed E-state index contributed by atoms with van der Waals surface area (Å²) in [6.07, 6.45) is 5.30. The number of nitrogens with two attached hydrogens (primary N) is 1. The number of hydrogen-bond acceptors (Lipinski definition) is 6. The van der Waals surface area contributed by atoms with Crippen molar-refractivity contribution in [1.29, 1.82) is 0 Å². The zero-order chi connectivity index (χ0) is 22.0. The molecular formula is C23H28N6O2. The molecule has 1 saturated heterocycles. The van der Waals surface area contributed by atoms with Gasteiger partial charge in [0.05, 0.1) is 17.3 Å². The Morgan fingerprint density at radius 1 is 1.19 bits per heavy atom. The summed E-state index contributed by atoms with van der Waals surface area (Å²) in [4.78, 5) is 19.1. The van der Waals surface area contributed by atoms with E-state index in [9.17, 15) is 9.90 Å². The Labute approximate surface area is 181 Å². The number of anilines is 1. The van der Waals surface area contributed by atoms with Crippen molar-refractivity contribution in [3.8, 4) is 22.8 Å². The van der Waals surface area contributed by atoms with Crippen molar-refractivity contribution >= 4 is 11.6 Å². The molecule has 0 unspecified atom stereocenters. The Balaban J connectivity index is 1.45. The van der Waals surface area contributed by atoms with E-state index >= 15 is 0 Å². The number of likely N-dealkylation sites (tertiary alicyclic amines) is 1. The largest absolute Gasteiger partial charge is 0.493 e. The number of nitrogen functional groups attached to an aromatic ring is 1. The summed E-state index contributed by atoms with van der Waals surface area (Å²) in [5, 5.41) is 18.0. The SMILES string of the molecule is Cc1cc(N)ccc1-c1cnn(-c2ccc(C(=O)NCC3CCN(C)CC3)cn2)c1O. The highest BCUT2D eigenvalue weighted by atomic mass is 16.3. The smallest absolute Gasteiger partial charge is 0.252 e. The summed E-state index contributed by atoms with van der Waals surface area (Å²) in [6, 6.07) is 8.87. The molecule has 4 N–H and O–H groups in total. The molecule has 0 bridgehead atoms. The predicted molar refractivity (Wildman–Crippen MR) is 120 cm³/mol. The topological polar surface area (TPSA) is 109 Å². The van der Waals surface area contributed by atoms with Crippen LogP contribution in [0.4, 0.5) is 5.69 Å². The van der Waals surface area contributed by atoms with E-state index in [0.717, 1.165) is 37.1 Å². The Hall–Kier alpha value is -3.39. The zero-order valence-electron chi connectivity index (χ0n) is 17.9. The van der Waals surface area contributed by atoms with E-state index in [1.807, 2.05) is 19.1 Å². The van der Waals surface area contributed by atoms with Crippen LogP contribution in [0.25, 0.3) is 16.9 Å². The van der Waals surface area contributed by atoms with Gasteiger partial charge in [-0.2, -0.15) is 9.78 Å². The van der Waals surface area contributed by atoms with E-state index in [1.165, 1.54) is 10.9 Å². The number of amides is 1. The highest BCUT2D eigenvalue weighted by Crippen LogP contribution is 2.33. The number of nitrogens with one attached hydrogen (secondary N) is 1. The van der Waals surface area contributed by atoms with Gasteiger partial charge < -0.3 is 21.1 Å². The summed E-state index contributed by atoms with van der Waals surface area (Å²) in [6.45, 7) is 4.75. The minimum absolute atomic E-state index is 0.0140. The quantitative estimate of drug-likeness (QED) is 0.548. The lowest BCUT2D eigenvalue weighted by Gasteiger charge is -2.28. The molecular weight excluding hydrogens is 392 g/mol. The van der Waals surface area contributed by atoms with Gasteiger partial charge in [-0.05, 0) is 81.2 Å². The van der Waals surface area contributed by atoms with Crippen LogP contribution in [0.3, 0.4) is 0 Å². The maximum absolute atomic E-state index is 12.5. The molecule has 8 nitrogen and oxygen atoms in total. The van der Waals surface area contributed by atoms with E-state index in [4.69, 9.17) is 5.73 Å². The van der Waals surface area contributed by atoms with Crippen molar-refractivity contribution in [2.45, 2.75) is 19.8 Å². The number of nitrogens with zero attached hydrogens (tertiary/aromatic N) is 4. The van der Waals surface area contributed by atoms with Crippen LogP contribution in [0.1, 0.15) is 28.8 Å². The minimum Gasteiger partial charge on any atom is -0.493 e. The monoisotopic (exact) mass is 420 g/mol. The van der Waals surface area contributed by atoms with E-state index < -0.39 is 0 Å². The van der Waals surface area contributed by atoms with Crippen molar-refractivity contribution in [3.63, 3.8) is 0 Å². The highest BCUT2D eigenvalue weighted by Gasteiger charge is 2.19. The van der Waals surface area contributed by atoms with Crippen molar-refractivity contribution in [3.05, 3.63) is 53.9 Å². The molecule has 1 aliphatic rings. The first-order chi connectivity index (χ1) is 14.9. The van der Waals surface area contributed by atoms with Gasteiger partial charge >= 0.3 is 0 Å². The number of hydrogen-bond donors (Lipinski definition) is 3. The van der Waals surface area contributed by atoms with Crippen LogP contribution in [0.15, 0.2) is 42.7 Å². The fourth-order valence-corrected chi connectivity index (χ4v) is 3.94. The van der Waals surface area contributed by atoms with Crippen molar-refractivity contribution in [2.75, 3.05) is 32.4 Å². The predicted octanol–water partition coefficient (Wildman–Crippen LogP) is 2.60. The number of carbonyl (C=O) groups is 1. The van der Waals surface area contributed by atoms with E-state index in [0.29, 0.717) is 35.1 Å². The Kier molecular flexibility index (Phi) is 5.90. The number of carbonyl (C=O) groups excluding carboxylic acids is 1. The standard InChI is InChI=1S/C23H28N6O2/c1-15-11-18(24)4-5-19(15)20-14-27-29(23(20)31)21-6-3-17(13-25-21)22(30)26-12-16-7-9-28(2)10-8-16/h3-6,11,13-14,16,31H,7-10,12,24H2,1-2H3,(H,26,30). The summed E-state index contributed by atoms with van der Waals surface area (Å²) >= 11 is 0. The first-order valence-electron chi connectivity index (χ1n) is 10.5. The van der Waals surface area contributed by atoms with E-state index in [-0.39, 0.29) is 11.8 Å². The van der Waals surface area contributed by atoms with Gasteiger partial charge in [-0.3, -0.25) is 4.79 Å². The maximum atomic E-state index is 12.5. The fraction of sp³-hybridized carbons (Fsp3) is 0.348. The number of aryl methyl sites for hydroxylation is 1. The van der Waals surface area contributed by atoms with Gasteiger partial charge in [0.25, 0.3) is 5.91 Å². The van der Waals surface area contributed by atoms with E-state index in [2.05, 4.69) is 27.3 Å². The number of pyridine rings is 1. The molecule has 0 aliphatic carbocycles. The van der Waals surface area contributed by atoms with Crippen molar-refractivity contribution in [1.82, 2.24) is 25.0 Å². The maximum Gasteiger partial charge on any atom is 0.252 e. The molecule has 0 saturated carbocycles. The van der Waals surface area contributed by atoms with Crippen molar-refractivity contribution in [2.24, 2.45) is 5.92 Å². The van der Waals surface area contributed by atoms with Gasteiger partial charge in [0.1, 0.15) is 0 Å². The average molecular weight is 421 g/mol. The normalized spacial score (nSPS) is 15.2. The lowest BCUT2D eigenvalue weighted by molar-refractivity contribution is 0.0938. The molecule has 0 atom stereocenters. The number of rotatable bonds is 5. The van der Waals surface area contributed by atoms with Crippen LogP contribution in [0.2, 0.25) is 0 Å². The number of benzene rings is 1. The third kappa shape index (κ3) is 4.54.